The summed E-state index contributed by atoms with van der Waals surface area (Å²) in [5.74, 6) is 0.653. The quantitative estimate of drug-likeness (QED) is 0.0912. The molecule has 0 atom stereocenters. The molecule has 0 aliphatic rings. The van der Waals surface area contributed by atoms with Crippen LogP contribution in [0.4, 0.5) is 0 Å². The monoisotopic (exact) mass is 822 g/mol. The van der Waals surface area contributed by atoms with Crippen molar-refractivity contribution in [2.45, 2.75) is 94.9 Å². The second kappa shape index (κ2) is 20.0. The van der Waals surface area contributed by atoms with Gasteiger partial charge in [0.05, 0.1) is 0 Å². The molecule has 0 saturated carbocycles. The third-order valence-electron chi connectivity index (χ3n) is 8.95. The summed E-state index contributed by atoms with van der Waals surface area (Å²) in [6, 6.07) is 32.1. The van der Waals surface area contributed by atoms with Crippen molar-refractivity contribution < 1.29 is 19.5 Å². The van der Waals surface area contributed by atoms with E-state index in [0.29, 0.717) is 5.92 Å². The third-order valence-corrected chi connectivity index (χ3v) is 12.5. The first-order valence-corrected chi connectivity index (χ1v) is 18.8. The van der Waals surface area contributed by atoms with Crippen LogP contribution in [0.25, 0.3) is 22.3 Å². The van der Waals surface area contributed by atoms with E-state index in [-0.39, 0.29) is 46.5 Å². The summed E-state index contributed by atoms with van der Waals surface area (Å²) >= 11 is -0.573. The summed E-state index contributed by atoms with van der Waals surface area (Å²) in [6.07, 6.45) is 2.19. The Morgan fingerprint density at radius 1 is 0.500 bits per heavy atom. The van der Waals surface area contributed by atoms with Crippen molar-refractivity contribution in [2.24, 2.45) is 0 Å². The van der Waals surface area contributed by atoms with Crippen molar-refractivity contribution in [3.63, 3.8) is 0 Å². The van der Waals surface area contributed by atoms with Gasteiger partial charge in [-0.15, -0.1) is 0 Å². The minimum atomic E-state index is -0.573. The van der Waals surface area contributed by atoms with Crippen molar-refractivity contribution in [1.29, 1.82) is 0 Å². The maximum atomic E-state index is 2.38. The van der Waals surface area contributed by atoms with Crippen molar-refractivity contribution in [2.75, 3.05) is 0 Å². The van der Waals surface area contributed by atoms with E-state index in [0.717, 1.165) is 12.8 Å². The van der Waals surface area contributed by atoms with E-state index in [4.69, 9.17) is 0 Å². The summed E-state index contributed by atoms with van der Waals surface area (Å²) in [7, 11) is 0. The zero-order valence-electron chi connectivity index (χ0n) is 30.8. The van der Waals surface area contributed by atoms with Crippen molar-refractivity contribution in [3.05, 3.63) is 141 Å². The van der Waals surface area contributed by atoms with E-state index in [1.807, 2.05) is 0 Å². The molecule has 0 aromatic heterocycles. The zero-order valence-corrected chi connectivity index (χ0v) is 36.4. The molecule has 0 aliphatic carbocycles. The fourth-order valence-electron chi connectivity index (χ4n) is 6.79. The predicted molar refractivity (Wildman–Crippen MR) is 219 cm³/mol. The van der Waals surface area contributed by atoms with Crippen LogP contribution in [0.2, 0.25) is 0 Å². The molecule has 0 nitrogen and oxygen atoms in total. The first-order chi connectivity index (χ1) is 21.4. The predicted octanol–water partition coefficient (Wildman–Crippen LogP) is 10.2. The van der Waals surface area contributed by atoms with Crippen LogP contribution in [-0.2, 0) is 59.3 Å². The molecule has 0 bridgehead atoms. The van der Waals surface area contributed by atoms with Crippen LogP contribution in [0.1, 0.15) is 89.2 Å². The Morgan fingerprint density at radius 2 is 0.875 bits per heavy atom. The molecule has 0 saturated heterocycles. The molecule has 0 aliphatic heterocycles. The standard InChI is InChI=1S/C34H38Ge.C10H14.Ru.2H2S/c1-9-27-13-11-14-28(10-2)33(27)35-34-29(31-23(5)17-21(3)18-24(31)6)15-12-16-30(34)32-25(7)19-22(4)20-26(32)8;1-8(2)10-6-4-9(3)5-7-10;;;/h11-20H,9-10H2,1-8H3;4-8H,1-3H3;;2*1H2/q;;+2;;/p-2. The fourth-order valence-corrected chi connectivity index (χ4v) is 10.5. The summed E-state index contributed by atoms with van der Waals surface area (Å²) in [6.45, 7) is 24.7. The van der Waals surface area contributed by atoms with Crippen LogP contribution in [0.15, 0.2) is 84.9 Å². The van der Waals surface area contributed by atoms with E-state index in [1.54, 1.807) is 8.79 Å². The molecule has 254 valence electrons. The van der Waals surface area contributed by atoms with Gasteiger partial charge in [-0.2, -0.15) is 0 Å². The molecular weight excluding hydrogens is 766 g/mol. The van der Waals surface area contributed by atoms with E-state index >= 15 is 0 Å². The Morgan fingerprint density at radius 3 is 1.23 bits per heavy atom. The van der Waals surface area contributed by atoms with Crippen molar-refractivity contribution in [1.82, 2.24) is 0 Å². The van der Waals surface area contributed by atoms with Crippen LogP contribution in [0, 0.1) is 48.5 Å². The Bertz CT molecular complexity index is 1640. The molecule has 5 aromatic carbocycles. The van der Waals surface area contributed by atoms with Gasteiger partial charge in [0.15, 0.2) is 0 Å². The van der Waals surface area contributed by atoms with Gasteiger partial charge in [0.25, 0.3) is 0 Å². The van der Waals surface area contributed by atoms with Gasteiger partial charge in [-0.1, -0.05) is 43.7 Å². The molecule has 0 N–H and O–H groups in total. The maximum Gasteiger partial charge on any atom is 2.00 e. The topological polar surface area (TPSA) is 0 Å². The molecule has 2 radical (unpaired) electrons. The first kappa shape index (κ1) is 44.0. The molecule has 0 amide bonds. The Kier molecular flexibility index (Phi) is 18.3. The Hall–Kier alpha value is -2.03. The number of thiol groups is 2. The second-order valence-electron chi connectivity index (χ2n) is 13.1. The molecule has 48 heavy (non-hydrogen) atoms. The maximum absolute atomic E-state index is 2.38. The molecular formula is C44H54GeRuS2. The van der Waals surface area contributed by atoms with Crippen LogP contribution < -0.4 is 8.79 Å². The van der Waals surface area contributed by atoms with Gasteiger partial charge in [-0.05, 0) is 18.4 Å². The SMILES string of the molecule is CCc1cccc(CC)[c]1[Ge][c]1c(-c2c(C)cc(C)cc2C)cccc1-c1c(C)cc(C)cc1C.Cc1ccc(C(C)C)cc1.[Ru+2].[SH-].[SH-]. The second-order valence-corrected chi connectivity index (χ2v) is 15.7. The summed E-state index contributed by atoms with van der Waals surface area (Å²) in [4.78, 5) is 0. The Balaban J connectivity index is 0.000000765. The summed E-state index contributed by atoms with van der Waals surface area (Å²) in [5.41, 5.74) is 19.7. The number of rotatable bonds is 7. The average Bonchev–Trinajstić information content (AvgIpc) is 2.98. The number of benzene rings is 5. The largest absolute Gasteiger partial charge is 2.00 e. The van der Waals surface area contributed by atoms with Gasteiger partial charge in [0.1, 0.15) is 0 Å². The van der Waals surface area contributed by atoms with Crippen LogP contribution in [0.5, 0.6) is 0 Å². The van der Waals surface area contributed by atoms with Gasteiger partial charge < -0.3 is 27.0 Å². The third kappa shape index (κ3) is 10.5. The summed E-state index contributed by atoms with van der Waals surface area (Å²) < 4.78 is 3.21. The van der Waals surface area contributed by atoms with E-state index < -0.39 is 15.4 Å². The van der Waals surface area contributed by atoms with Gasteiger partial charge in [0.2, 0.25) is 0 Å². The molecule has 4 heteroatoms. The average molecular weight is 821 g/mol. The minimum absolute atomic E-state index is 0. The number of hydrogen-bond donors (Lipinski definition) is 0. The molecule has 0 fully saturated rings. The number of hydrogen-bond acceptors (Lipinski definition) is 2. The van der Waals surface area contributed by atoms with E-state index in [9.17, 15) is 0 Å². The smallest absolute Gasteiger partial charge is 0.813 e. The number of aryl methyl sites for hydroxylation is 9. The van der Waals surface area contributed by atoms with Crippen LogP contribution >= 0.6 is 0 Å². The molecule has 5 aromatic rings. The zero-order chi connectivity index (χ0) is 32.8. The molecule has 0 unspecified atom stereocenters. The van der Waals surface area contributed by atoms with Gasteiger partial charge >= 0.3 is 239 Å². The van der Waals surface area contributed by atoms with Crippen LogP contribution in [-0.4, -0.2) is 15.4 Å². The molecule has 5 rings (SSSR count). The van der Waals surface area contributed by atoms with E-state index in [2.05, 4.69) is 161 Å². The Labute approximate surface area is 326 Å². The van der Waals surface area contributed by atoms with Crippen molar-refractivity contribution >= 4 is 51.2 Å². The van der Waals surface area contributed by atoms with Gasteiger partial charge in [-0.25, -0.2) is 0 Å². The minimum Gasteiger partial charge on any atom is -0.813 e. The van der Waals surface area contributed by atoms with Crippen LogP contribution in [0.3, 0.4) is 0 Å². The molecule has 0 heterocycles. The van der Waals surface area contributed by atoms with Gasteiger partial charge in [-0.3, -0.25) is 0 Å². The summed E-state index contributed by atoms with van der Waals surface area (Å²) in [5, 5.41) is 0. The van der Waals surface area contributed by atoms with Gasteiger partial charge in [0, 0.05) is 0 Å². The normalized spacial score (nSPS) is 10.3. The molecule has 0 spiro atoms. The first-order valence-electron chi connectivity index (χ1n) is 16.7. The fraction of sp³-hybridized carbons (Fsp3) is 0.318. The van der Waals surface area contributed by atoms with E-state index in [1.165, 1.54) is 77.9 Å². The van der Waals surface area contributed by atoms with Crippen molar-refractivity contribution in [3.8, 4) is 22.3 Å².